The molecule has 6 rings (SSSR count). The van der Waals surface area contributed by atoms with Crippen molar-refractivity contribution < 1.29 is 14.3 Å². The molecule has 0 saturated heterocycles. The van der Waals surface area contributed by atoms with Crippen molar-refractivity contribution >= 4 is 50.1 Å². The monoisotopic (exact) mass is 464 g/mol. The molecular weight excluding hydrogens is 447 g/mol. The van der Waals surface area contributed by atoms with Gasteiger partial charge in [0.2, 0.25) is 0 Å². The summed E-state index contributed by atoms with van der Waals surface area (Å²) in [4.78, 5) is 15.3. The molecule has 1 aliphatic rings. The van der Waals surface area contributed by atoms with Gasteiger partial charge in [-0.25, -0.2) is 9.18 Å². The average Bonchev–Trinajstić information content (AvgIpc) is 3.23. The van der Waals surface area contributed by atoms with Crippen LogP contribution >= 0.6 is 23.1 Å². The molecule has 2 aromatic carbocycles. The Morgan fingerprint density at radius 1 is 1.22 bits per heavy atom. The van der Waals surface area contributed by atoms with Gasteiger partial charge in [-0.15, -0.1) is 21.5 Å². The number of thiophene rings is 1. The minimum Gasteiger partial charge on any atom is -0.477 e. The highest BCUT2D eigenvalue weighted by Crippen LogP contribution is 2.44. The van der Waals surface area contributed by atoms with Gasteiger partial charge in [-0.2, -0.15) is 0 Å². The number of hydrogen-bond acceptors (Lipinski definition) is 5. The van der Waals surface area contributed by atoms with E-state index >= 15 is 0 Å². The number of fused-ring (bicyclic) bond motifs is 2. The van der Waals surface area contributed by atoms with Crippen LogP contribution in [0.15, 0.2) is 53.8 Å². The molecule has 6 nitrogen and oxygen atoms in total. The van der Waals surface area contributed by atoms with Gasteiger partial charge in [0.15, 0.2) is 11.0 Å². The summed E-state index contributed by atoms with van der Waals surface area (Å²) in [6.45, 7) is 0. The zero-order chi connectivity index (χ0) is 21.8. The fourth-order valence-corrected chi connectivity index (χ4v) is 6.29. The van der Waals surface area contributed by atoms with Gasteiger partial charge in [0.1, 0.15) is 10.7 Å². The molecule has 1 aliphatic carbocycles. The Kier molecular flexibility index (Phi) is 4.55. The van der Waals surface area contributed by atoms with E-state index in [1.54, 1.807) is 12.1 Å². The van der Waals surface area contributed by atoms with Crippen molar-refractivity contribution in [3.05, 3.63) is 64.9 Å². The van der Waals surface area contributed by atoms with E-state index in [0.29, 0.717) is 27.4 Å². The minimum absolute atomic E-state index is 0.173. The number of rotatable bonds is 6. The van der Waals surface area contributed by atoms with Gasteiger partial charge >= 0.3 is 5.97 Å². The third-order valence-electron chi connectivity index (χ3n) is 5.71. The number of aromatic amines is 1. The Bertz CT molecular complexity index is 1500. The first kappa shape index (κ1) is 19.5. The lowest BCUT2D eigenvalue weighted by atomic mass is 10.1. The molecule has 2 N–H and O–H groups in total. The van der Waals surface area contributed by atoms with E-state index in [-0.39, 0.29) is 4.88 Å². The minimum atomic E-state index is -1.04. The van der Waals surface area contributed by atoms with Crippen molar-refractivity contribution in [2.45, 2.75) is 29.8 Å². The number of nitrogens with one attached hydrogen (secondary N) is 1. The van der Waals surface area contributed by atoms with Crippen LogP contribution in [-0.2, 0) is 5.75 Å². The van der Waals surface area contributed by atoms with Gasteiger partial charge in [0.25, 0.3) is 0 Å². The second kappa shape index (κ2) is 7.46. The first-order valence-electron chi connectivity index (χ1n) is 10.2. The second-order valence-electron chi connectivity index (χ2n) is 7.77. The van der Waals surface area contributed by atoms with Crippen LogP contribution < -0.4 is 0 Å². The predicted molar refractivity (Wildman–Crippen MR) is 124 cm³/mol. The first-order valence-corrected chi connectivity index (χ1v) is 12.0. The van der Waals surface area contributed by atoms with E-state index < -0.39 is 11.8 Å². The third kappa shape index (κ3) is 3.11. The van der Waals surface area contributed by atoms with Gasteiger partial charge in [-0.1, -0.05) is 36.0 Å². The molecule has 160 valence electrons. The van der Waals surface area contributed by atoms with Gasteiger partial charge in [0, 0.05) is 44.5 Å². The van der Waals surface area contributed by atoms with Crippen LogP contribution in [-0.4, -0.2) is 30.8 Å². The van der Waals surface area contributed by atoms with Crippen molar-refractivity contribution in [2.24, 2.45) is 0 Å². The lowest BCUT2D eigenvalue weighted by molar-refractivity contribution is 0.0701. The van der Waals surface area contributed by atoms with Crippen LogP contribution in [0.25, 0.3) is 32.4 Å². The molecule has 0 bridgehead atoms. The zero-order valence-electron chi connectivity index (χ0n) is 16.7. The van der Waals surface area contributed by atoms with Crippen LogP contribution in [0.1, 0.15) is 34.1 Å². The predicted octanol–water partition coefficient (Wildman–Crippen LogP) is 6.11. The molecule has 3 heterocycles. The number of benzene rings is 2. The molecule has 0 radical (unpaired) electrons. The number of nitrogens with zero attached hydrogens (tertiary/aromatic N) is 3. The number of H-pyrrole nitrogens is 1. The molecule has 5 aromatic rings. The lowest BCUT2D eigenvalue weighted by Gasteiger charge is -2.09. The summed E-state index contributed by atoms with van der Waals surface area (Å²) in [5.74, 6) is -0.331. The lowest BCUT2D eigenvalue weighted by Crippen LogP contribution is -2.01. The fraction of sp³-hybridized carbons (Fsp3) is 0.174. The number of para-hydroxylation sites is 1. The largest absolute Gasteiger partial charge is 0.477 e. The highest BCUT2D eigenvalue weighted by atomic mass is 32.2. The van der Waals surface area contributed by atoms with E-state index in [9.17, 15) is 14.3 Å². The Labute approximate surface area is 190 Å². The maximum Gasteiger partial charge on any atom is 0.346 e. The number of carbonyl (C=O) groups is 1. The van der Waals surface area contributed by atoms with Gasteiger partial charge in [0.05, 0.1) is 0 Å². The number of aromatic nitrogens is 4. The molecule has 1 fully saturated rings. The van der Waals surface area contributed by atoms with Crippen molar-refractivity contribution in [3.8, 4) is 11.4 Å². The summed E-state index contributed by atoms with van der Waals surface area (Å²) in [7, 11) is 0. The smallest absolute Gasteiger partial charge is 0.346 e. The zero-order valence-corrected chi connectivity index (χ0v) is 18.3. The van der Waals surface area contributed by atoms with Crippen molar-refractivity contribution in [2.75, 3.05) is 0 Å². The Balaban J connectivity index is 1.40. The van der Waals surface area contributed by atoms with Crippen LogP contribution in [0.2, 0.25) is 0 Å². The highest BCUT2D eigenvalue weighted by molar-refractivity contribution is 7.98. The van der Waals surface area contributed by atoms with Crippen LogP contribution in [0, 0.1) is 5.82 Å². The number of thioether (sulfide) groups is 1. The number of carboxylic acids is 1. The van der Waals surface area contributed by atoms with E-state index in [4.69, 9.17) is 0 Å². The number of hydrogen-bond donors (Lipinski definition) is 2. The maximum absolute atomic E-state index is 14.6. The van der Waals surface area contributed by atoms with Gasteiger partial charge < -0.3 is 10.1 Å². The summed E-state index contributed by atoms with van der Waals surface area (Å²) in [5.41, 5.74) is 2.53. The van der Waals surface area contributed by atoms with Crippen LogP contribution in [0.4, 0.5) is 4.39 Å². The van der Waals surface area contributed by atoms with E-state index in [1.807, 2.05) is 24.4 Å². The molecule has 0 aliphatic heterocycles. The van der Waals surface area contributed by atoms with E-state index in [0.717, 1.165) is 51.6 Å². The SMILES string of the molecule is O=C(O)c1sc2cccc(F)c2c1CSc1nnc(-c2c[nH]c3ccccc23)n1C1CC1. The Hall–Kier alpha value is -3.17. The van der Waals surface area contributed by atoms with Crippen LogP contribution in [0.5, 0.6) is 0 Å². The molecule has 0 amide bonds. The van der Waals surface area contributed by atoms with Crippen LogP contribution in [0.3, 0.4) is 0 Å². The summed E-state index contributed by atoms with van der Waals surface area (Å²) in [6.07, 6.45) is 4.06. The molecule has 0 spiro atoms. The summed E-state index contributed by atoms with van der Waals surface area (Å²) < 4.78 is 17.4. The molecule has 3 aromatic heterocycles. The summed E-state index contributed by atoms with van der Waals surface area (Å²) >= 11 is 2.52. The molecule has 0 atom stereocenters. The Morgan fingerprint density at radius 2 is 2.06 bits per heavy atom. The molecule has 32 heavy (non-hydrogen) atoms. The molecule has 9 heteroatoms. The number of aromatic carboxylic acids is 1. The number of carboxylic acid groups (broad SMARTS) is 1. The van der Waals surface area contributed by atoms with Gasteiger partial charge in [-0.05, 0) is 36.6 Å². The number of halogens is 1. The van der Waals surface area contributed by atoms with Crippen molar-refractivity contribution in [1.29, 1.82) is 0 Å². The summed E-state index contributed by atoms with van der Waals surface area (Å²) in [6, 6.07) is 13.1. The van der Waals surface area contributed by atoms with Crippen molar-refractivity contribution in [3.63, 3.8) is 0 Å². The second-order valence-corrected chi connectivity index (χ2v) is 9.77. The molecule has 0 unspecified atom stereocenters. The quantitative estimate of drug-likeness (QED) is 0.296. The normalized spacial score (nSPS) is 13.9. The summed E-state index contributed by atoms with van der Waals surface area (Å²) in [5, 5.41) is 20.8. The van der Waals surface area contributed by atoms with Crippen molar-refractivity contribution in [1.82, 2.24) is 19.7 Å². The Morgan fingerprint density at radius 3 is 2.88 bits per heavy atom. The first-order chi connectivity index (χ1) is 15.6. The molecule has 1 saturated carbocycles. The third-order valence-corrected chi connectivity index (χ3v) is 7.86. The average molecular weight is 465 g/mol. The topological polar surface area (TPSA) is 83.8 Å². The van der Waals surface area contributed by atoms with E-state index in [1.165, 1.54) is 17.8 Å². The van der Waals surface area contributed by atoms with Gasteiger partial charge in [-0.3, -0.25) is 4.57 Å². The van der Waals surface area contributed by atoms with E-state index in [2.05, 4.69) is 25.8 Å². The maximum atomic E-state index is 14.6. The highest BCUT2D eigenvalue weighted by Gasteiger charge is 2.31. The standard InChI is InChI=1S/C23H17FN4O2S2/c24-16-5-3-7-18-19(16)15(20(32-18)22(29)30)11-31-23-27-26-21(28(23)12-8-9-12)14-10-25-17-6-2-1-4-13(14)17/h1-7,10,12,25H,8-9,11H2,(H,29,30). The fourth-order valence-electron chi connectivity index (χ4n) is 4.09. The molecular formula is C23H17FN4O2S2.